The van der Waals surface area contributed by atoms with E-state index in [0.29, 0.717) is 5.88 Å². The third kappa shape index (κ3) is 8.48. The lowest BCUT2D eigenvalue weighted by atomic mass is 10.1. The van der Waals surface area contributed by atoms with Crippen LogP contribution in [-0.4, -0.2) is 17.7 Å². The average molecular weight is 380 g/mol. The van der Waals surface area contributed by atoms with Gasteiger partial charge >= 0.3 is 0 Å². The summed E-state index contributed by atoms with van der Waals surface area (Å²) in [5.41, 5.74) is 1.84. The van der Waals surface area contributed by atoms with E-state index in [4.69, 9.17) is 9.47 Å². The normalized spacial score (nSPS) is 11.4. The van der Waals surface area contributed by atoms with E-state index in [1.807, 2.05) is 43.3 Å². The number of hydrogen-bond donors (Lipinski definition) is 0. The molecule has 0 unspecified atom stereocenters. The molecule has 1 aromatic heterocycles. The summed E-state index contributed by atoms with van der Waals surface area (Å²) in [5.74, 6) is 7.87. The van der Waals surface area contributed by atoms with Crippen molar-refractivity contribution in [2.75, 3.05) is 6.61 Å². The fraction of sp³-hybridized carbons (Fsp3) is 0.480. The number of unbranched alkanes of at least 4 members (excludes halogenated alkanes) is 5. The molecule has 0 aliphatic carbocycles. The van der Waals surface area contributed by atoms with Crippen LogP contribution in [0, 0.1) is 11.8 Å². The van der Waals surface area contributed by atoms with Gasteiger partial charge in [0.15, 0.2) is 0 Å². The number of aromatic nitrogens is 1. The Bertz CT molecular complexity index is 726. The smallest absolute Gasteiger partial charge is 0.213 e. The summed E-state index contributed by atoms with van der Waals surface area (Å²) >= 11 is 0. The van der Waals surface area contributed by atoms with Crippen LogP contribution < -0.4 is 9.47 Å². The number of rotatable bonds is 11. The summed E-state index contributed by atoms with van der Waals surface area (Å²) in [6, 6.07) is 11.8. The summed E-state index contributed by atoms with van der Waals surface area (Å²) in [5, 5.41) is 0. The van der Waals surface area contributed by atoms with Crippen molar-refractivity contribution in [3.63, 3.8) is 0 Å². The van der Waals surface area contributed by atoms with E-state index in [2.05, 4.69) is 30.7 Å². The molecule has 0 saturated heterocycles. The molecule has 0 aliphatic heterocycles. The van der Waals surface area contributed by atoms with Gasteiger partial charge in [0.05, 0.1) is 12.7 Å². The van der Waals surface area contributed by atoms with Crippen molar-refractivity contribution in [1.29, 1.82) is 0 Å². The zero-order valence-electron chi connectivity index (χ0n) is 17.5. The van der Waals surface area contributed by atoms with Gasteiger partial charge in [-0.3, -0.25) is 0 Å². The summed E-state index contributed by atoms with van der Waals surface area (Å²) < 4.78 is 11.5. The van der Waals surface area contributed by atoms with Crippen molar-refractivity contribution in [2.24, 2.45) is 0 Å². The van der Waals surface area contributed by atoms with Crippen molar-refractivity contribution in [2.45, 2.75) is 71.8 Å². The van der Waals surface area contributed by atoms with Crippen LogP contribution in [-0.2, 0) is 0 Å². The topological polar surface area (TPSA) is 31.4 Å². The molecule has 3 nitrogen and oxygen atoms in total. The molecule has 150 valence electrons. The molecular weight excluding hydrogens is 346 g/mol. The van der Waals surface area contributed by atoms with Crippen molar-refractivity contribution in [3.8, 4) is 23.5 Å². The van der Waals surface area contributed by atoms with Gasteiger partial charge in [-0.1, -0.05) is 57.8 Å². The first-order valence-electron chi connectivity index (χ1n) is 10.6. The minimum atomic E-state index is 0.172. The lowest BCUT2D eigenvalue weighted by Crippen LogP contribution is -2.10. The number of nitrogens with zero attached hydrogens (tertiary/aromatic N) is 1. The molecule has 0 amide bonds. The quantitative estimate of drug-likeness (QED) is 0.334. The Morgan fingerprint density at radius 2 is 1.54 bits per heavy atom. The molecular formula is C25H33NO2. The summed E-state index contributed by atoms with van der Waals surface area (Å²) in [7, 11) is 0. The molecule has 1 aromatic carbocycles. The van der Waals surface area contributed by atoms with Gasteiger partial charge in [-0.2, -0.15) is 0 Å². The lowest BCUT2D eigenvalue weighted by molar-refractivity contribution is 0.208. The maximum atomic E-state index is 5.81. The molecule has 0 radical (unpaired) electrons. The summed E-state index contributed by atoms with van der Waals surface area (Å²) in [4.78, 5) is 4.31. The molecule has 2 rings (SSSR count). The Morgan fingerprint density at radius 3 is 2.21 bits per heavy atom. The fourth-order valence-electron chi connectivity index (χ4n) is 2.66. The number of benzene rings is 1. The third-order valence-corrected chi connectivity index (χ3v) is 4.61. The van der Waals surface area contributed by atoms with Gasteiger partial charge in [0.2, 0.25) is 5.88 Å². The van der Waals surface area contributed by atoms with Crippen LogP contribution in [0.15, 0.2) is 42.6 Å². The standard InChI is InChI=1S/C25H33NO2/c1-4-6-7-8-9-10-19-27-24-16-13-22(14-17-24)11-12-23-15-18-25(26-20-23)28-21(3)5-2/h13-18,20-21H,4-10,19H2,1-3H3/t21-/m0/s1. The predicted molar refractivity (Wildman–Crippen MR) is 116 cm³/mol. The maximum absolute atomic E-state index is 5.81. The average Bonchev–Trinajstić information content (AvgIpc) is 2.73. The van der Waals surface area contributed by atoms with Gasteiger partial charge in [-0.05, 0) is 50.1 Å². The van der Waals surface area contributed by atoms with Gasteiger partial charge in [0.25, 0.3) is 0 Å². The Labute approximate surface area is 170 Å². The van der Waals surface area contributed by atoms with Gasteiger partial charge in [0.1, 0.15) is 5.75 Å². The van der Waals surface area contributed by atoms with Crippen LogP contribution in [0.5, 0.6) is 11.6 Å². The van der Waals surface area contributed by atoms with E-state index < -0.39 is 0 Å². The van der Waals surface area contributed by atoms with Gasteiger partial charge in [-0.15, -0.1) is 0 Å². The molecule has 0 spiro atoms. The molecule has 0 bridgehead atoms. The summed E-state index contributed by atoms with van der Waals surface area (Å²) in [6.45, 7) is 7.16. The molecule has 1 heterocycles. The van der Waals surface area contributed by atoms with Crippen molar-refractivity contribution in [1.82, 2.24) is 4.98 Å². The number of ether oxygens (including phenoxy) is 2. The highest BCUT2D eigenvalue weighted by Crippen LogP contribution is 2.14. The summed E-state index contributed by atoms with van der Waals surface area (Å²) in [6.07, 6.45) is 10.5. The molecule has 0 saturated carbocycles. The number of hydrogen-bond acceptors (Lipinski definition) is 3. The highest BCUT2D eigenvalue weighted by Gasteiger charge is 2.01. The van der Waals surface area contributed by atoms with Crippen LogP contribution in [0.4, 0.5) is 0 Å². The van der Waals surface area contributed by atoms with Gasteiger partial charge in [0, 0.05) is 23.4 Å². The van der Waals surface area contributed by atoms with Crippen LogP contribution in [0.2, 0.25) is 0 Å². The molecule has 1 atom stereocenters. The monoisotopic (exact) mass is 379 g/mol. The minimum absolute atomic E-state index is 0.172. The van der Waals surface area contributed by atoms with E-state index in [1.165, 1.54) is 32.1 Å². The SMILES string of the molecule is CCCCCCCCOc1ccc(C#Cc2ccc(O[C@@H](C)CC)nc2)cc1. The first-order valence-corrected chi connectivity index (χ1v) is 10.6. The van der Waals surface area contributed by atoms with E-state index in [-0.39, 0.29) is 6.10 Å². The van der Waals surface area contributed by atoms with Crippen LogP contribution in [0.1, 0.15) is 76.8 Å². The second-order valence-corrected chi connectivity index (χ2v) is 7.11. The molecule has 0 aliphatic rings. The lowest BCUT2D eigenvalue weighted by Gasteiger charge is -2.10. The fourth-order valence-corrected chi connectivity index (χ4v) is 2.66. The van der Waals surface area contributed by atoms with Crippen LogP contribution >= 0.6 is 0 Å². The Balaban J connectivity index is 1.76. The van der Waals surface area contributed by atoms with E-state index >= 15 is 0 Å². The van der Waals surface area contributed by atoms with Crippen molar-refractivity contribution >= 4 is 0 Å². The highest BCUT2D eigenvalue weighted by atomic mass is 16.5. The highest BCUT2D eigenvalue weighted by molar-refractivity contribution is 5.44. The first kappa shape index (κ1) is 21.8. The van der Waals surface area contributed by atoms with E-state index in [1.54, 1.807) is 6.20 Å². The Kier molecular flexibility index (Phi) is 10.0. The van der Waals surface area contributed by atoms with Crippen molar-refractivity contribution in [3.05, 3.63) is 53.7 Å². The second kappa shape index (κ2) is 12.8. The minimum Gasteiger partial charge on any atom is -0.494 e. The second-order valence-electron chi connectivity index (χ2n) is 7.11. The largest absolute Gasteiger partial charge is 0.494 e. The molecule has 3 heteroatoms. The Hall–Kier alpha value is -2.47. The van der Waals surface area contributed by atoms with Crippen LogP contribution in [0.3, 0.4) is 0 Å². The Morgan fingerprint density at radius 1 is 0.857 bits per heavy atom. The van der Waals surface area contributed by atoms with E-state index in [9.17, 15) is 0 Å². The molecule has 28 heavy (non-hydrogen) atoms. The first-order chi connectivity index (χ1) is 13.7. The third-order valence-electron chi connectivity index (χ3n) is 4.61. The number of pyridine rings is 1. The van der Waals surface area contributed by atoms with Crippen LogP contribution in [0.25, 0.3) is 0 Å². The zero-order chi connectivity index (χ0) is 20.0. The molecule has 0 N–H and O–H groups in total. The van der Waals surface area contributed by atoms with Crippen molar-refractivity contribution < 1.29 is 9.47 Å². The van der Waals surface area contributed by atoms with Gasteiger partial charge in [-0.25, -0.2) is 4.98 Å². The predicted octanol–water partition coefficient (Wildman–Crippen LogP) is 6.40. The maximum Gasteiger partial charge on any atom is 0.213 e. The molecule has 2 aromatic rings. The molecule has 0 fully saturated rings. The van der Waals surface area contributed by atoms with E-state index in [0.717, 1.165) is 36.3 Å². The van der Waals surface area contributed by atoms with Gasteiger partial charge < -0.3 is 9.47 Å². The zero-order valence-corrected chi connectivity index (χ0v) is 17.5.